The number of nitrogens with zero attached hydrogens (tertiary/aromatic N) is 3. The van der Waals surface area contributed by atoms with E-state index in [-0.39, 0.29) is 12.0 Å². The first-order chi connectivity index (χ1) is 10.6. The maximum atomic E-state index is 12.3. The van der Waals surface area contributed by atoms with E-state index in [0.29, 0.717) is 31.8 Å². The lowest BCUT2D eigenvalue weighted by atomic mass is 10.1. The highest BCUT2D eigenvalue weighted by atomic mass is 16.6. The third kappa shape index (κ3) is 4.41. The molecule has 0 unspecified atom stereocenters. The van der Waals surface area contributed by atoms with Crippen LogP contribution in [0.4, 0.5) is 0 Å². The summed E-state index contributed by atoms with van der Waals surface area (Å²) in [6, 6.07) is 5.71. The number of oxime groups is 1. The number of hydrogen-bond acceptors (Lipinski definition) is 4. The molecule has 2 rings (SSSR count). The second-order valence-electron chi connectivity index (χ2n) is 5.87. The van der Waals surface area contributed by atoms with Gasteiger partial charge in [0.1, 0.15) is 5.71 Å². The molecule has 1 aromatic heterocycles. The molecule has 5 heteroatoms. The van der Waals surface area contributed by atoms with Crippen molar-refractivity contribution in [1.82, 2.24) is 9.88 Å². The van der Waals surface area contributed by atoms with Crippen LogP contribution in [0.5, 0.6) is 0 Å². The third-order valence-electron chi connectivity index (χ3n) is 3.40. The lowest BCUT2D eigenvalue weighted by molar-refractivity contribution is -0.133. The maximum absolute atomic E-state index is 12.3. The van der Waals surface area contributed by atoms with Gasteiger partial charge in [-0.15, -0.1) is 6.58 Å². The zero-order valence-electron chi connectivity index (χ0n) is 13.2. The number of amides is 1. The first-order valence-electron chi connectivity index (χ1n) is 7.63. The summed E-state index contributed by atoms with van der Waals surface area (Å²) < 4.78 is 0. The minimum Gasteiger partial charge on any atom is -0.390 e. The van der Waals surface area contributed by atoms with Crippen molar-refractivity contribution in [3.8, 4) is 0 Å². The number of carbonyl (C=O) groups excluding carboxylic acids is 1. The van der Waals surface area contributed by atoms with Crippen LogP contribution in [0.25, 0.3) is 0 Å². The number of hydrogen-bond donors (Lipinski definition) is 0. The largest absolute Gasteiger partial charge is 0.390 e. The predicted molar refractivity (Wildman–Crippen MR) is 86.5 cm³/mol. The van der Waals surface area contributed by atoms with Crippen molar-refractivity contribution >= 4 is 11.6 Å². The number of carbonyl (C=O) groups is 1. The van der Waals surface area contributed by atoms with E-state index in [2.05, 4.69) is 16.7 Å². The Hall–Kier alpha value is -2.17. The third-order valence-corrected chi connectivity index (χ3v) is 3.40. The van der Waals surface area contributed by atoms with Crippen LogP contribution in [0.1, 0.15) is 32.4 Å². The van der Waals surface area contributed by atoms with Crippen molar-refractivity contribution in [1.29, 1.82) is 0 Å². The zero-order chi connectivity index (χ0) is 15.9. The lowest BCUT2D eigenvalue weighted by Gasteiger charge is -2.24. The van der Waals surface area contributed by atoms with E-state index < -0.39 is 0 Å². The predicted octanol–water partition coefficient (Wildman–Crippen LogP) is 2.64. The highest BCUT2D eigenvalue weighted by Crippen LogP contribution is 2.17. The van der Waals surface area contributed by atoms with Crippen molar-refractivity contribution < 1.29 is 9.63 Å². The standard InChI is InChI=1S/C17H23N3O2/c1-4-9-20(17(21)10-13(2)3)12-14-11-16(19-22-14)15-7-5-6-8-18-15/h4-8,13-14H,1,9-12H2,2-3H3/t14-/m1/s1. The molecule has 2 heterocycles. The van der Waals surface area contributed by atoms with E-state index in [1.54, 1.807) is 17.2 Å². The molecule has 0 aliphatic carbocycles. The van der Waals surface area contributed by atoms with Gasteiger partial charge in [-0.3, -0.25) is 9.78 Å². The Morgan fingerprint density at radius 3 is 3.00 bits per heavy atom. The van der Waals surface area contributed by atoms with Crippen molar-refractivity contribution in [3.63, 3.8) is 0 Å². The highest BCUT2D eigenvalue weighted by Gasteiger charge is 2.26. The fraction of sp³-hybridized carbons (Fsp3) is 0.471. The van der Waals surface area contributed by atoms with Crippen LogP contribution in [0.15, 0.2) is 42.2 Å². The summed E-state index contributed by atoms with van der Waals surface area (Å²) in [5.74, 6) is 0.467. The highest BCUT2D eigenvalue weighted by molar-refractivity contribution is 5.99. The van der Waals surface area contributed by atoms with Gasteiger partial charge in [0.25, 0.3) is 0 Å². The average Bonchev–Trinajstić information content (AvgIpc) is 2.95. The first-order valence-corrected chi connectivity index (χ1v) is 7.63. The van der Waals surface area contributed by atoms with Crippen molar-refractivity contribution in [2.45, 2.75) is 32.8 Å². The van der Waals surface area contributed by atoms with Gasteiger partial charge in [-0.1, -0.05) is 31.1 Å². The molecule has 1 amide bonds. The monoisotopic (exact) mass is 301 g/mol. The fourth-order valence-electron chi connectivity index (χ4n) is 2.37. The van der Waals surface area contributed by atoms with Crippen LogP contribution in [0, 0.1) is 5.92 Å². The molecule has 1 aromatic rings. The molecule has 0 saturated heterocycles. The van der Waals surface area contributed by atoms with E-state index >= 15 is 0 Å². The molecule has 118 valence electrons. The minimum atomic E-state index is -0.118. The summed E-state index contributed by atoms with van der Waals surface area (Å²) in [5, 5.41) is 4.11. The molecular weight excluding hydrogens is 278 g/mol. The van der Waals surface area contributed by atoms with E-state index in [0.717, 1.165) is 11.4 Å². The molecule has 5 nitrogen and oxygen atoms in total. The smallest absolute Gasteiger partial charge is 0.223 e. The molecular formula is C17H23N3O2. The molecule has 1 aliphatic heterocycles. The second-order valence-corrected chi connectivity index (χ2v) is 5.87. The van der Waals surface area contributed by atoms with Gasteiger partial charge in [0.15, 0.2) is 6.10 Å². The van der Waals surface area contributed by atoms with Crippen LogP contribution in [-0.4, -0.2) is 40.7 Å². The van der Waals surface area contributed by atoms with Gasteiger partial charge in [-0.05, 0) is 18.1 Å². The van der Waals surface area contributed by atoms with Crippen LogP contribution in [0.3, 0.4) is 0 Å². The molecule has 0 fully saturated rings. The SMILES string of the molecule is C=CCN(C[C@H]1CC(c2ccccn2)=NO1)C(=O)CC(C)C. The Balaban J connectivity index is 1.93. The molecule has 0 spiro atoms. The van der Waals surface area contributed by atoms with E-state index in [1.165, 1.54) is 0 Å². The molecule has 22 heavy (non-hydrogen) atoms. The van der Waals surface area contributed by atoms with Crippen molar-refractivity contribution in [2.75, 3.05) is 13.1 Å². The Bertz CT molecular complexity index is 540. The Labute approximate surface area is 131 Å². The normalized spacial score (nSPS) is 17.0. The lowest BCUT2D eigenvalue weighted by Crippen LogP contribution is -2.38. The van der Waals surface area contributed by atoms with Crippen molar-refractivity contribution in [3.05, 3.63) is 42.7 Å². The maximum Gasteiger partial charge on any atom is 0.223 e. The van der Waals surface area contributed by atoms with Crippen LogP contribution in [0.2, 0.25) is 0 Å². The summed E-state index contributed by atoms with van der Waals surface area (Å²) in [6.07, 6.45) is 4.57. The second kappa shape index (κ2) is 7.73. The molecule has 0 radical (unpaired) electrons. The van der Waals surface area contributed by atoms with Gasteiger partial charge in [-0.2, -0.15) is 0 Å². The van der Waals surface area contributed by atoms with Gasteiger partial charge in [-0.25, -0.2) is 0 Å². The van der Waals surface area contributed by atoms with E-state index in [1.807, 2.05) is 32.0 Å². The minimum absolute atomic E-state index is 0.118. The summed E-state index contributed by atoms with van der Waals surface area (Å²) in [4.78, 5) is 23.8. The molecule has 0 aromatic carbocycles. The van der Waals surface area contributed by atoms with Crippen LogP contribution >= 0.6 is 0 Å². The molecule has 0 bridgehead atoms. The first kappa shape index (κ1) is 16.2. The fourth-order valence-corrected chi connectivity index (χ4v) is 2.37. The van der Waals surface area contributed by atoms with Gasteiger partial charge >= 0.3 is 0 Å². The Morgan fingerprint density at radius 1 is 1.55 bits per heavy atom. The molecule has 0 N–H and O–H groups in total. The number of aromatic nitrogens is 1. The summed E-state index contributed by atoms with van der Waals surface area (Å²) >= 11 is 0. The molecule has 1 atom stereocenters. The van der Waals surface area contributed by atoms with Gasteiger partial charge in [0.05, 0.1) is 12.2 Å². The molecule has 1 aliphatic rings. The van der Waals surface area contributed by atoms with Gasteiger partial charge in [0.2, 0.25) is 5.91 Å². The van der Waals surface area contributed by atoms with Crippen LogP contribution in [-0.2, 0) is 9.63 Å². The summed E-state index contributed by atoms with van der Waals surface area (Å²) in [6.45, 7) is 8.86. The van der Waals surface area contributed by atoms with E-state index in [9.17, 15) is 4.79 Å². The Morgan fingerprint density at radius 2 is 2.36 bits per heavy atom. The van der Waals surface area contributed by atoms with Gasteiger partial charge < -0.3 is 9.74 Å². The number of rotatable bonds is 7. The van der Waals surface area contributed by atoms with Crippen molar-refractivity contribution in [2.24, 2.45) is 11.1 Å². The Kier molecular flexibility index (Phi) is 5.69. The zero-order valence-corrected chi connectivity index (χ0v) is 13.2. The quantitative estimate of drug-likeness (QED) is 0.728. The summed E-state index contributed by atoms with van der Waals surface area (Å²) in [7, 11) is 0. The van der Waals surface area contributed by atoms with Crippen LogP contribution < -0.4 is 0 Å². The van der Waals surface area contributed by atoms with Gasteiger partial charge in [0, 0.05) is 25.6 Å². The van der Waals surface area contributed by atoms with E-state index in [4.69, 9.17) is 4.84 Å². The summed E-state index contributed by atoms with van der Waals surface area (Å²) in [5.41, 5.74) is 1.66. The topological polar surface area (TPSA) is 54.8 Å². The number of pyridine rings is 1. The average molecular weight is 301 g/mol. The molecule has 0 saturated carbocycles.